The molecule has 0 bridgehead atoms. The van der Waals surface area contributed by atoms with Gasteiger partial charge in [-0.25, -0.2) is 9.78 Å². The molecule has 2 N–H and O–H groups in total. The molecule has 5 rings (SSSR count). The summed E-state index contributed by atoms with van der Waals surface area (Å²) in [5, 5.41) is 15.2. The Labute approximate surface area is 219 Å². The Balaban J connectivity index is 1.42. The zero-order chi connectivity index (χ0) is 27.9. The molecule has 0 atom stereocenters. The molecule has 3 heterocycles. The Morgan fingerprint density at radius 1 is 1.10 bits per heavy atom. The predicted octanol–water partition coefficient (Wildman–Crippen LogP) is 3.73. The average molecular weight is 544 g/mol. The average Bonchev–Trinajstić information content (AvgIpc) is 3.52. The molecule has 0 saturated carbocycles. The van der Waals surface area contributed by atoms with Gasteiger partial charge in [-0.2, -0.15) is 18.3 Å². The highest BCUT2D eigenvalue weighted by atomic mass is 19.4. The van der Waals surface area contributed by atoms with Crippen LogP contribution < -0.4 is 14.8 Å². The molecule has 1 saturated heterocycles. The molecule has 39 heavy (non-hydrogen) atoms. The molecular weight excluding hydrogens is 521 g/mol. The van der Waals surface area contributed by atoms with Crippen LogP contribution in [0.15, 0.2) is 49.1 Å². The lowest BCUT2D eigenvalue weighted by atomic mass is 10.1. The minimum atomic E-state index is -4.57. The lowest BCUT2D eigenvalue weighted by Crippen LogP contribution is -2.50. The molecule has 14 heteroatoms. The first-order chi connectivity index (χ1) is 18.6. The summed E-state index contributed by atoms with van der Waals surface area (Å²) in [6.07, 6.45) is -0.374. The minimum absolute atomic E-state index is 0.0127. The first-order valence-electron chi connectivity index (χ1n) is 11.7. The van der Waals surface area contributed by atoms with Gasteiger partial charge in [0.15, 0.2) is 0 Å². The summed E-state index contributed by atoms with van der Waals surface area (Å²) in [5.74, 6) is -0.912. The normalized spacial score (nSPS) is 13.8. The summed E-state index contributed by atoms with van der Waals surface area (Å²) in [6.45, 7) is -0.722. The summed E-state index contributed by atoms with van der Waals surface area (Å²) >= 11 is 0. The maximum Gasteiger partial charge on any atom is 0.407 e. The van der Waals surface area contributed by atoms with Crippen LogP contribution in [0.2, 0.25) is 0 Å². The molecular formula is C25H23F3N6O5. The van der Waals surface area contributed by atoms with Crippen LogP contribution in [0.25, 0.3) is 27.8 Å². The van der Waals surface area contributed by atoms with E-state index in [0.29, 0.717) is 24.3 Å². The van der Waals surface area contributed by atoms with Crippen LogP contribution in [-0.4, -0.2) is 81.4 Å². The number of benzene rings is 2. The van der Waals surface area contributed by atoms with E-state index in [4.69, 9.17) is 14.6 Å². The second-order valence-electron chi connectivity index (χ2n) is 8.89. The molecule has 11 nitrogen and oxygen atoms in total. The largest absolute Gasteiger partial charge is 0.496 e. The van der Waals surface area contributed by atoms with Gasteiger partial charge in [-0.15, -0.1) is 0 Å². The number of imidazole rings is 1. The molecule has 1 fully saturated rings. The van der Waals surface area contributed by atoms with E-state index in [1.165, 1.54) is 31.3 Å². The number of nitrogens with one attached hydrogen (secondary N) is 1. The van der Waals surface area contributed by atoms with Crippen molar-refractivity contribution >= 4 is 23.0 Å². The molecule has 2 aromatic heterocycles. The summed E-state index contributed by atoms with van der Waals surface area (Å²) < 4.78 is 52.0. The van der Waals surface area contributed by atoms with E-state index in [2.05, 4.69) is 10.1 Å². The highest BCUT2D eigenvalue weighted by Gasteiger charge is 2.32. The molecule has 0 radical (unpaired) electrons. The lowest BCUT2D eigenvalue weighted by Gasteiger charge is -2.36. The van der Waals surface area contributed by atoms with Crippen molar-refractivity contribution in [3.63, 3.8) is 0 Å². The zero-order valence-corrected chi connectivity index (χ0v) is 20.8. The van der Waals surface area contributed by atoms with Crippen LogP contribution in [0.3, 0.4) is 0 Å². The maximum atomic E-state index is 12.6. The van der Waals surface area contributed by atoms with Crippen molar-refractivity contribution in [3.8, 4) is 28.3 Å². The van der Waals surface area contributed by atoms with Crippen LogP contribution in [-0.2, 0) is 0 Å². The molecule has 204 valence electrons. The molecule has 0 aliphatic carbocycles. The number of carbonyl (C=O) groups excluding carboxylic acids is 1. The van der Waals surface area contributed by atoms with Gasteiger partial charge in [0, 0.05) is 37.0 Å². The van der Waals surface area contributed by atoms with Crippen LogP contribution in [0.4, 0.5) is 18.0 Å². The molecule has 2 amide bonds. The first kappa shape index (κ1) is 25.9. The quantitative estimate of drug-likeness (QED) is 0.363. The van der Waals surface area contributed by atoms with Gasteiger partial charge in [-0.3, -0.25) is 14.0 Å². The predicted molar refractivity (Wildman–Crippen MR) is 132 cm³/mol. The van der Waals surface area contributed by atoms with Gasteiger partial charge in [-0.05, 0) is 17.7 Å². The number of likely N-dealkylation sites (tertiary alicyclic amines) is 1. The van der Waals surface area contributed by atoms with Crippen LogP contribution in [0.1, 0.15) is 16.4 Å². The number of amides is 2. The summed E-state index contributed by atoms with van der Waals surface area (Å²) in [4.78, 5) is 29.3. The van der Waals surface area contributed by atoms with Gasteiger partial charge in [0.1, 0.15) is 29.9 Å². The monoisotopic (exact) mass is 544 g/mol. The minimum Gasteiger partial charge on any atom is -0.496 e. The topological polar surface area (TPSA) is 124 Å². The fourth-order valence-corrected chi connectivity index (χ4v) is 4.39. The number of nitrogens with zero attached hydrogens (tertiary/aromatic N) is 5. The zero-order valence-electron chi connectivity index (χ0n) is 20.8. The van der Waals surface area contributed by atoms with Crippen molar-refractivity contribution < 1.29 is 37.3 Å². The van der Waals surface area contributed by atoms with E-state index in [-0.39, 0.29) is 23.1 Å². The number of carboxylic acid groups (broad SMARTS) is 1. The number of carbonyl (C=O) groups is 2. The standard InChI is InChI=1S/C25H23F3N6O5/c1-38-20-6-16(7-21(39-2)22(20)23(35)29-12-25(26,27)28)33-13-30-18-5-14(3-4-19(18)33)15-8-31-34(9-15)17-10-32(11-17)24(36)37/h3-9,13,17H,10-12H2,1-2H3,(H,29,35)(H,36,37). The summed E-state index contributed by atoms with van der Waals surface area (Å²) in [7, 11) is 2.61. The second kappa shape index (κ2) is 9.85. The third-order valence-corrected chi connectivity index (χ3v) is 6.43. The van der Waals surface area contributed by atoms with Crippen molar-refractivity contribution in [1.82, 2.24) is 29.5 Å². The van der Waals surface area contributed by atoms with Crippen LogP contribution >= 0.6 is 0 Å². The Kier molecular flexibility index (Phi) is 6.54. The fraction of sp³-hybridized carbons (Fsp3) is 0.280. The van der Waals surface area contributed by atoms with Crippen molar-refractivity contribution in [2.24, 2.45) is 0 Å². The van der Waals surface area contributed by atoms with E-state index in [1.54, 1.807) is 21.8 Å². The number of fused-ring (bicyclic) bond motifs is 1. The van der Waals surface area contributed by atoms with Crippen molar-refractivity contribution in [1.29, 1.82) is 0 Å². The lowest BCUT2D eigenvalue weighted by molar-refractivity contribution is -0.123. The number of methoxy groups -OCH3 is 2. The summed E-state index contributed by atoms with van der Waals surface area (Å²) in [5.41, 5.74) is 3.45. The van der Waals surface area contributed by atoms with Gasteiger partial charge >= 0.3 is 12.3 Å². The number of ether oxygens (including phenoxy) is 2. The SMILES string of the molecule is COc1cc(-n2cnc3cc(-c4cnn(C5CN(C(=O)O)C5)c4)ccc32)cc(OC)c1C(=O)NCC(F)(F)F. The number of halogens is 3. The Morgan fingerprint density at radius 2 is 1.79 bits per heavy atom. The van der Waals surface area contributed by atoms with Crippen LogP contribution in [0.5, 0.6) is 11.5 Å². The first-order valence-corrected chi connectivity index (χ1v) is 11.7. The van der Waals surface area contributed by atoms with Crippen molar-refractivity contribution in [2.45, 2.75) is 12.2 Å². The van der Waals surface area contributed by atoms with Crippen LogP contribution in [0, 0.1) is 0 Å². The fourth-order valence-electron chi connectivity index (χ4n) is 4.39. The van der Waals surface area contributed by atoms with Gasteiger partial charge in [0.2, 0.25) is 0 Å². The Bertz CT molecular complexity index is 1530. The van der Waals surface area contributed by atoms with Gasteiger partial charge < -0.3 is 24.8 Å². The molecule has 1 aliphatic heterocycles. The molecule has 4 aromatic rings. The maximum absolute atomic E-state index is 12.6. The Hall–Kier alpha value is -4.75. The van der Waals surface area contributed by atoms with Gasteiger partial charge in [-0.1, -0.05) is 6.07 Å². The van der Waals surface area contributed by atoms with Crippen molar-refractivity contribution in [2.75, 3.05) is 33.9 Å². The second-order valence-corrected chi connectivity index (χ2v) is 8.89. The highest BCUT2D eigenvalue weighted by molar-refractivity contribution is 6.00. The van der Waals surface area contributed by atoms with E-state index < -0.39 is 24.7 Å². The summed E-state index contributed by atoms with van der Waals surface area (Å²) in [6, 6.07) is 8.64. The number of hydrogen-bond donors (Lipinski definition) is 2. The smallest absolute Gasteiger partial charge is 0.407 e. The van der Waals surface area contributed by atoms with Crippen molar-refractivity contribution in [3.05, 3.63) is 54.6 Å². The molecule has 0 spiro atoms. The van der Waals surface area contributed by atoms with Gasteiger partial charge in [0.05, 0.1) is 43.2 Å². The van der Waals surface area contributed by atoms with E-state index in [9.17, 15) is 22.8 Å². The number of rotatable bonds is 7. The Morgan fingerprint density at radius 3 is 2.41 bits per heavy atom. The van der Waals surface area contributed by atoms with Gasteiger partial charge in [0.25, 0.3) is 5.91 Å². The number of alkyl halides is 3. The van der Waals surface area contributed by atoms with E-state index in [1.807, 2.05) is 29.7 Å². The van der Waals surface area contributed by atoms with E-state index >= 15 is 0 Å². The number of hydrogen-bond acceptors (Lipinski definition) is 6. The molecule has 1 aliphatic rings. The third kappa shape index (κ3) is 5.04. The number of aromatic nitrogens is 4. The third-order valence-electron chi connectivity index (χ3n) is 6.43. The highest BCUT2D eigenvalue weighted by Crippen LogP contribution is 2.34. The van der Waals surface area contributed by atoms with E-state index in [0.717, 1.165) is 16.6 Å². The molecule has 0 unspecified atom stereocenters. The molecule has 2 aromatic carbocycles.